The van der Waals surface area contributed by atoms with E-state index in [2.05, 4.69) is 15.2 Å². The number of pyridine rings is 1. The van der Waals surface area contributed by atoms with E-state index in [9.17, 15) is 9.59 Å². The van der Waals surface area contributed by atoms with Crippen molar-refractivity contribution in [1.82, 2.24) is 20.1 Å². The number of fused-ring (bicyclic) bond motifs is 1. The molecule has 0 saturated heterocycles. The Balaban J connectivity index is 1.52. The van der Waals surface area contributed by atoms with Gasteiger partial charge in [0.2, 0.25) is 18.2 Å². The number of aromatic nitrogens is 3. The van der Waals surface area contributed by atoms with Crippen LogP contribution in [0.25, 0.3) is 0 Å². The lowest BCUT2D eigenvalue weighted by atomic mass is 10.1. The quantitative estimate of drug-likeness (QED) is 0.395. The van der Waals surface area contributed by atoms with Gasteiger partial charge in [-0.2, -0.15) is 0 Å². The second-order valence-electron chi connectivity index (χ2n) is 8.22. The number of hydrogen-bond acceptors (Lipinski definition) is 8. The molecule has 0 radical (unpaired) electrons. The second-order valence-corrected chi connectivity index (χ2v) is 8.62. The SMILES string of the molecule is O=C(c1ccc(OCCO)cc1Cl)N1CC(=O)N(C(c2ccncc2)c2nnco2)Cc2ccccc21. The maximum Gasteiger partial charge on any atom is 0.260 e. The van der Waals surface area contributed by atoms with Crippen molar-refractivity contribution >= 4 is 29.1 Å². The number of para-hydroxylation sites is 1. The molecule has 188 valence electrons. The van der Waals surface area contributed by atoms with E-state index in [0.717, 1.165) is 11.1 Å². The molecule has 2 aromatic carbocycles. The Morgan fingerprint density at radius 2 is 1.95 bits per heavy atom. The van der Waals surface area contributed by atoms with Crippen molar-refractivity contribution in [2.75, 3.05) is 24.7 Å². The molecule has 5 rings (SSSR count). The molecule has 37 heavy (non-hydrogen) atoms. The molecule has 1 atom stereocenters. The molecule has 2 aromatic heterocycles. The monoisotopic (exact) mass is 519 g/mol. The van der Waals surface area contributed by atoms with E-state index in [1.54, 1.807) is 47.6 Å². The summed E-state index contributed by atoms with van der Waals surface area (Å²) in [5.74, 6) is -0.0737. The van der Waals surface area contributed by atoms with Gasteiger partial charge in [0.1, 0.15) is 24.9 Å². The fraction of sp³-hybridized carbons (Fsp3) is 0.192. The van der Waals surface area contributed by atoms with Crippen LogP contribution in [0.2, 0.25) is 5.02 Å². The number of benzene rings is 2. The average molecular weight is 520 g/mol. The van der Waals surface area contributed by atoms with Gasteiger partial charge in [0, 0.05) is 24.6 Å². The van der Waals surface area contributed by atoms with Crippen LogP contribution in [0.3, 0.4) is 0 Å². The minimum Gasteiger partial charge on any atom is -0.491 e. The molecule has 1 aliphatic heterocycles. The van der Waals surface area contributed by atoms with Gasteiger partial charge in [0.25, 0.3) is 5.91 Å². The summed E-state index contributed by atoms with van der Waals surface area (Å²) in [6.07, 6.45) is 4.47. The molecule has 0 aliphatic carbocycles. The number of aliphatic hydroxyl groups is 1. The Morgan fingerprint density at radius 1 is 1.14 bits per heavy atom. The highest BCUT2D eigenvalue weighted by atomic mass is 35.5. The predicted molar refractivity (Wildman–Crippen MR) is 133 cm³/mol. The molecule has 0 saturated carbocycles. The summed E-state index contributed by atoms with van der Waals surface area (Å²) in [7, 11) is 0. The average Bonchev–Trinajstić information content (AvgIpc) is 3.40. The van der Waals surface area contributed by atoms with Crippen LogP contribution in [0, 0.1) is 0 Å². The van der Waals surface area contributed by atoms with Crippen LogP contribution in [0.4, 0.5) is 5.69 Å². The lowest BCUT2D eigenvalue weighted by Crippen LogP contribution is -2.42. The van der Waals surface area contributed by atoms with Crippen LogP contribution in [0.15, 0.2) is 77.8 Å². The molecule has 1 unspecified atom stereocenters. The normalized spacial score (nSPS) is 14.2. The van der Waals surface area contributed by atoms with E-state index in [4.69, 9.17) is 25.9 Å². The molecule has 10 nitrogen and oxygen atoms in total. The first-order valence-corrected chi connectivity index (χ1v) is 11.8. The van der Waals surface area contributed by atoms with Gasteiger partial charge in [0.15, 0.2) is 0 Å². The summed E-state index contributed by atoms with van der Waals surface area (Å²) >= 11 is 6.43. The number of hydrogen-bond donors (Lipinski definition) is 1. The van der Waals surface area contributed by atoms with Crippen molar-refractivity contribution in [1.29, 1.82) is 0 Å². The van der Waals surface area contributed by atoms with E-state index in [1.807, 2.05) is 18.2 Å². The Hall–Kier alpha value is -4.28. The molecule has 11 heteroatoms. The highest BCUT2D eigenvalue weighted by molar-refractivity contribution is 6.34. The predicted octanol–water partition coefficient (Wildman–Crippen LogP) is 3.27. The van der Waals surface area contributed by atoms with Crippen LogP contribution in [-0.4, -0.2) is 56.8 Å². The van der Waals surface area contributed by atoms with Gasteiger partial charge in [0.05, 0.1) is 17.2 Å². The summed E-state index contributed by atoms with van der Waals surface area (Å²) in [6.45, 7) is -0.0712. The zero-order valence-corrected chi connectivity index (χ0v) is 20.3. The number of amides is 2. The molecule has 4 aromatic rings. The topological polar surface area (TPSA) is 122 Å². The number of ether oxygens (including phenoxy) is 1. The van der Waals surface area contributed by atoms with E-state index < -0.39 is 11.9 Å². The third kappa shape index (κ3) is 5.02. The number of carbonyl (C=O) groups is 2. The molecule has 2 amide bonds. The molecule has 1 aliphatic rings. The second kappa shape index (κ2) is 10.8. The fourth-order valence-electron chi connectivity index (χ4n) is 4.28. The molecule has 0 bridgehead atoms. The zero-order valence-electron chi connectivity index (χ0n) is 19.5. The van der Waals surface area contributed by atoms with E-state index in [-0.39, 0.29) is 48.7 Å². The summed E-state index contributed by atoms with van der Waals surface area (Å²) in [6, 6.07) is 14.9. The third-order valence-electron chi connectivity index (χ3n) is 5.96. The first-order valence-electron chi connectivity index (χ1n) is 11.4. The van der Waals surface area contributed by atoms with Gasteiger partial charge >= 0.3 is 0 Å². The van der Waals surface area contributed by atoms with Crippen LogP contribution < -0.4 is 9.64 Å². The van der Waals surface area contributed by atoms with E-state index in [0.29, 0.717) is 11.4 Å². The lowest BCUT2D eigenvalue weighted by Gasteiger charge is -2.29. The fourth-order valence-corrected chi connectivity index (χ4v) is 4.53. The number of halogens is 1. The number of carbonyl (C=O) groups excluding carboxylic acids is 2. The van der Waals surface area contributed by atoms with Crippen LogP contribution in [-0.2, 0) is 11.3 Å². The standard InChI is InChI=1S/C26H22ClN5O5/c27-21-13-19(36-12-11-33)5-6-20(21)26(35)31-15-23(34)32(14-18-3-1-2-4-22(18)31)24(25-30-29-16-37-25)17-7-9-28-10-8-17/h1-10,13,16,24,33H,11-12,14-15H2. The van der Waals surface area contributed by atoms with Crippen LogP contribution in [0.1, 0.15) is 33.4 Å². The molecule has 0 spiro atoms. The van der Waals surface area contributed by atoms with E-state index >= 15 is 0 Å². The minimum absolute atomic E-state index is 0.103. The molecular formula is C26H22ClN5O5. The van der Waals surface area contributed by atoms with Gasteiger partial charge in [-0.3, -0.25) is 19.5 Å². The maximum atomic E-state index is 13.7. The highest BCUT2D eigenvalue weighted by Crippen LogP contribution is 2.35. The van der Waals surface area contributed by atoms with Crippen molar-refractivity contribution in [3.05, 3.63) is 101 Å². The Labute approximate surface area is 217 Å². The van der Waals surface area contributed by atoms with Crippen LogP contribution in [0.5, 0.6) is 5.75 Å². The molecule has 3 heterocycles. The third-order valence-corrected chi connectivity index (χ3v) is 6.27. The zero-order chi connectivity index (χ0) is 25.8. The maximum absolute atomic E-state index is 13.7. The minimum atomic E-state index is -0.673. The van der Waals surface area contributed by atoms with Gasteiger partial charge < -0.3 is 19.2 Å². The van der Waals surface area contributed by atoms with Crippen LogP contribution >= 0.6 is 11.6 Å². The van der Waals surface area contributed by atoms with Crippen molar-refractivity contribution in [2.45, 2.75) is 12.6 Å². The lowest BCUT2D eigenvalue weighted by molar-refractivity contribution is -0.132. The molecular weight excluding hydrogens is 498 g/mol. The smallest absolute Gasteiger partial charge is 0.260 e. The largest absolute Gasteiger partial charge is 0.491 e. The van der Waals surface area contributed by atoms with Gasteiger partial charge in [-0.15, -0.1) is 10.2 Å². The van der Waals surface area contributed by atoms with Crippen molar-refractivity contribution in [3.8, 4) is 5.75 Å². The number of nitrogens with zero attached hydrogens (tertiary/aromatic N) is 5. The summed E-state index contributed by atoms with van der Waals surface area (Å²) in [5.41, 5.74) is 2.32. The Morgan fingerprint density at radius 3 is 2.68 bits per heavy atom. The van der Waals surface area contributed by atoms with Gasteiger partial charge in [-0.05, 0) is 47.5 Å². The summed E-state index contributed by atoms with van der Waals surface area (Å²) in [4.78, 5) is 34.6. The first-order chi connectivity index (χ1) is 18.1. The highest BCUT2D eigenvalue weighted by Gasteiger charge is 2.36. The molecule has 1 N–H and O–H groups in total. The Kier molecular flexibility index (Phi) is 7.11. The Bertz CT molecular complexity index is 1400. The summed E-state index contributed by atoms with van der Waals surface area (Å²) in [5, 5.41) is 17.0. The van der Waals surface area contributed by atoms with Gasteiger partial charge in [-0.1, -0.05) is 29.8 Å². The number of anilines is 1. The first kappa shape index (κ1) is 24.4. The number of rotatable bonds is 7. The summed E-state index contributed by atoms with van der Waals surface area (Å²) < 4.78 is 10.9. The van der Waals surface area contributed by atoms with E-state index in [1.165, 1.54) is 17.4 Å². The molecule has 0 fully saturated rings. The van der Waals surface area contributed by atoms with Crippen molar-refractivity contribution < 1.29 is 23.8 Å². The van der Waals surface area contributed by atoms with Crippen molar-refractivity contribution in [3.63, 3.8) is 0 Å². The van der Waals surface area contributed by atoms with Gasteiger partial charge in [-0.25, -0.2) is 0 Å². The number of aliphatic hydroxyl groups excluding tert-OH is 1. The van der Waals surface area contributed by atoms with Crippen molar-refractivity contribution in [2.24, 2.45) is 0 Å².